The molecule has 3 heterocycles. The highest BCUT2D eigenvalue weighted by atomic mass is 16.5. The minimum Gasteiger partial charge on any atom is -0.492 e. The molecule has 0 saturated carbocycles. The van der Waals surface area contributed by atoms with Crippen molar-refractivity contribution in [2.45, 2.75) is 51.8 Å². The summed E-state index contributed by atoms with van der Waals surface area (Å²) < 4.78 is 5.77. The van der Waals surface area contributed by atoms with Gasteiger partial charge in [0.15, 0.2) is 0 Å². The van der Waals surface area contributed by atoms with Crippen LogP contribution in [-0.2, 0) is 4.79 Å². The van der Waals surface area contributed by atoms with Crippen LogP contribution in [-0.4, -0.2) is 95.0 Å². The van der Waals surface area contributed by atoms with Crippen molar-refractivity contribution in [2.24, 2.45) is 5.10 Å². The topological polar surface area (TPSA) is 88.9 Å². The van der Waals surface area contributed by atoms with Crippen molar-refractivity contribution >= 4 is 17.6 Å². The van der Waals surface area contributed by atoms with E-state index in [4.69, 9.17) is 4.74 Å². The van der Waals surface area contributed by atoms with E-state index in [2.05, 4.69) is 21.9 Å². The number of piperazine rings is 1. The second-order valence-electron chi connectivity index (χ2n) is 9.04. The maximum atomic E-state index is 13.3. The summed E-state index contributed by atoms with van der Waals surface area (Å²) in [7, 11) is 2.08. The van der Waals surface area contributed by atoms with Crippen LogP contribution in [0, 0.1) is 0 Å². The molecule has 0 aliphatic carbocycles. The summed E-state index contributed by atoms with van der Waals surface area (Å²) in [5, 5.41) is 16.3. The Kier molecular flexibility index (Phi) is 7.31. The number of aliphatic hydroxyl groups excluding tert-OH is 1. The molecule has 1 aromatic rings. The zero-order chi connectivity index (χ0) is 23.5. The molecule has 1 aromatic carbocycles. The lowest BCUT2D eigenvalue weighted by Crippen LogP contribution is -2.56. The quantitative estimate of drug-likeness (QED) is 0.632. The van der Waals surface area contributed by atoms with E-state index in [1.807, 2.05) is 32.0 Å². The van der Waals surface area contributed by atoms with E-state index >= 15 is 0 Å². The van der Waals surface area contributed by atoms with Crippen LogP contribution in [0.15, 0.2) is 23.3 Å². The first-order chi connectivity index (χ1) is 15.9. The number of carbonyl (C=O) groups is 2. The predicted octanol–water partition coefficient (Wildman–Crippen LogP) is 2.25. The molecule has 180 valence electrons. The van der Waals surface area contributed by atoms with E-state index in [1.54, 1.807) is 0 Å². The van der Waals surface area contributed by atoms with Gasteiger partial charge in [-0.2, -0.15) is 5.10 Å². The summed E-state index contributed by atoms with van der Waals surface area (Å²) in [5.74, 6) is 0.473. The van der Waals surface area contributed by atoms with Gasteiger partial charge in [0.25, 0.3) is 5.91 Å². The molecule has 4 rings (SSSR count). The number of hydrazone groups is 1. The maximum absolute atomic E-state index is 13.3. The number of nitrogens with zero attached hydrogens (tertiary/aromatic N) is 5. The number of hydrogen-bond acceptors (Lipinski definition) is 7. The second-order valence-corrected chi connectivity index (χ2v) is 9.04. The Bertz CT molecular complexity index is 912. The van der Waals surface area contributed by atoms with E-state index in [0.29, 0.717) is 37.3 Å². The minimum absolute atomic E-state index is 0.0546. The number of likely N-dealkylation sites (N-methyl/N-ethyl adjacent to an activating group) is 1. The van der Waals surface area contributed by atoms with Gasteiger partial charge >= 0.3 is 6.03 Å². The Morgan fingerprint density at radius 3 is 2.61 bits per heavy atom. The van der Waals surface area contributed by atoms with Gasteiger partial charge < -0.3 is 14.7 Å². The molecule has 2 atom stereocenters. The van der Waals surface area contributed by atoms with Crippen molar-refractivity contribution < 1.29 is 19.4 Å². The van der Waals surface area contributed by atoms with Crippen molar-refractivity contribution in [3.05, 3.63) is 29.3 Å². The van der Waals surface area contributed by atoms with Crippen LogP contribution in [0.4, 0.5) is 4.79 Å². The van der Waals surface area contributed by atoms with E-state index < -0.39 is 6.10 Å². The molecule has 0 spiro atoms. The molecule has 0 aromatic heterocycles. The smallest absolute Gasteiger partial charge is 0.349 e. The first-order valence-electron chi connectivity index (χ1n) is 12.0. The van der Waals surface area contributed by atoms with Crippen LogP contribution in [0.5, 0.6) is 5.75 Å². The van der Waals surface area contributed by atoms with Gasteiger partial charge in [0.05, 0.1) is 24.6 Å². The summed E-state index contributed by atoms with van der Waals surface area (Å²) in [6.07, 6.45) is 1.96. The van der Waals surface area contributed by atoms with Crippen LogP contribution in [0.3, 0.4) is 0 Å². The number of hydrogen-bond donors (Lipinski definition) is 1. The van der Waals surface area contributed by atoms with Gasteiger partial charge in [0.2, 0.25) is 0 Å². The molecule has 9 nitrogen and oxygen atoms in total. The van der Waals surface area contributed by atoms with E-state index in [-0.39, 0.29) is 24.6 Å². The summed E-state index contributed by atoms with van der Waals surface area (Å²) in [6, 6.07) is 5.25. The minimum atomic E-state index is -0.553. The largest absolute Gasteiger partial charge is 0.492 e. The molecule has 0 radical (unpaired) electrons. The molecule has 2 unspecified atom stereocenters. The maximum Gasteiger partial charge on any atom is 0.349 e. The van der Waals surface area contributed by atoms with Gasteiger partial charge in [-0.3, -0.25) is 9.69 Å². The van der Waals surface area contributed by atoms with Crippen LogP contribution in [0.25, 0.3) is 0 Å². The number of aliphatic hydroxyl groups is 1. The molecule has 2 fully saturated rings. The molecule has 2 saturated heterocycles. The highest BCUT2D eigenvalue weighted by Gasteiger charge is 2.43. The van der Waals surface area contributed by atoms with Crippen molar-refractivity contribution in [3.8, 4) is 5.75 Å². The van der Waals surface area contributed by atoms with Crippen LogP contribution < -0.4 is 4.74 Å². The van der Waals surface area contributed by atoms with E-state index in [9.17, 15) is 14.7 Å². The zero-order valence-corrected chi connectivity index (χ0v) is 19.9. The van der Waals surface area contributed by atoms with Crippen LogP contribution in [0.1, 0.15) is 56.8 Å². The fourth-order valence-corrected chi connectivity index (χ4v) is 4.79. The molecule has 0 bridgehead atoms. The number of carbonyl (C=O) groups excluding carboxylic acids is 2. The van der Waals surface area contributed by atoms with Gasteiger partial charge in [0.1, 0.15) is 12.3 Å². The lowest BCUT2D eigenvalue weighted by atomic mass is 9.97. The standard InChI is InChI=1S/C24H35N5O4/c1-4-6-20(30)17-7-8-21-18(15-17)19(9-14-33-21)25-28-16-23(31)29(24(28)32)22(5-2)27-12-10-26(3)11-13-27/h7-8,15,20,22,30H,4-6,9-14,16H2,1-3H3/b25-19+. The third-order valence-electron chi connectivity index (χ3n) is 6.70. The molecule has 1 N–H and O–H groups in total. The Hall–Kier alpha value is -2.49. The monoisotopic (exact) mass is 457 g/mol. The van der Waals surface area contributed by atoms with Crippen molar-refractivity contribution in [3.63, 3.8) is 0 Å². The summed E-state index contributed by atoms with van der Waals surface area (Å²) in [6.45, 7) is 7.94. The number of urea groups is 1. The fourth-order valence-electron chi connectivity index (χ4n) is 4.79. The van der Waals surface area contributed by atoms with Gasteiger partial charge in [-0.05, 0) is 37.6 Å². The Morgan fingerprint density at radius 2 is 1.91 bits per heavy atom. The Morgan fingerprint density at radius 1 is 1.15 bits per heavy atom. The lowest BCUT2D eigenvalue weighted by molar-refractivity contribution is -0.130. The third-order valence-corrected chi connectivity index (χ3v) is 6.70. The Balaban J connectivity index is 1.56. The summed E-state index contributed by atoms with van der Waals surface area (Å²) in [5.41, 5.74) is 2.29. The van der Waals surface area contributed by atoms with Crippen LogP contribution >= 0.6 is 0 Å². The van der Waals surface area contributed by atoms with E-state index in [0.717, 1.165) is 43.7 Å². The average molecular weight is 458 g/mol. The number of ether oxygens (including phenoxy) is 1. The van der Waals surface area contributed by atoms with Crippen LogP contribution in [0.2, 0.25) is 0 Å². The lowest BCUT2D eigenvalue weighted by Gasteiger charge is -2.40. The van der Waals surface area contributed by atoms with E-state index in [1.165, 1.54) is 9.91 Å². The molecule has 3 amide bonds. The normalized spacial score (nSPS) is 23.1. The SMILES string of the molecule is CCCC(O)c1ccc2c(c1)/C(=N/N1CC(=O)N(C(CC)N3CCN(C)CC3)C1=O)CCO2. The summed E-state index contributed by atoms with van der Waals surface area (Å²) in [4.78, 5) is 32.0. The number of rotatable bonds is 7. The number of benzene rings is 1. The molecular formula is C24H35N5O4. The predicted molar refractivity (Wildman–Crippen MR) is 125 cm³/mol. The second kappa shape index (κ2) is 10.2. The third kappa shape index (κ3) is 4.90. The molecule has 33 heavy (non-hydrogen) atoms. The molecule has 3 aliphatic heterocycles. The highest BCUT2D eigenvalue weighted by molar-refractivity contribution is 6.06. The van der Waals surface area contributed by atoms with Gasteiger partial charge in [-0.25, -0.2) is 14.7 Å². The molecular weight excluding hydrogens is 422 g/mol. The highest BCUT2D eigenvalue weighted by Crippen LogP contribution is 2.30. The fraction of sp³-hybridized carbons (Fsp3) is 0.625. The van der Waals surface area contributed by atoms with Gasteiger partial charge in [-0.15, -0.1) is 0 Å². The molecule has 9 heteroatoms. The van der Waals surface area contributed by atoms with Crippen molar-refractivity contribution in [2.75, 3.05) is 46.4 Å². The average Bonchev–Trinajstić information content (AvgIpc) is 3.09. The number of amides is 3. The Labute approximate surface area is 195 Å². The van der Waals surface area contributed by atoms with Crippen molar-refractivity contribution in [1.29, 1.82) is 0 Å². The number of imide groups is 1. The summed E-state index contributed by atoms with van der Waals surface area (Å²) >= 11 is 0. The van der Waals surface area contributed by atoms with Gasteiger partial charge in [0, 0.05) is 38.2 Å². The molecule has 3 aliphatic rings. The number of fused-ring (bicyclic) bond motifs is 1. The van der Waals surface area contributed by atoms with Gasteiger partial charge in [-0.1, -0.05) is 26.3 Å². The zero-order valence-electron chi connectivity index (χ0n) is 19.9. The first kappa shape index (κ1) is 23.7. The first-order valence-corrected chi connectivity index (χ1v) is 12.0. The van der Waals surface area contributed by atoms with Crippen molar-refractivity contribution in [1.82, 2.24) is 19.7 Å².